The van der Waals surface area contributed by atoms with Crippen molar-refractivity contribution in [1.29, 1.82) is 0 Å². The fraction of sp³-hybridized carbons (Fsp3) is 0.909. The van der Waals surface area contributed by atoms with Crippen LogP contribution in [-0.4, -0.2) is 47.9 Å². The van der Waals surface area contributed by atoms with Crippen molar-refractivity contribution in [3.05, 3.63) is 0 Å². The van der Waals surface area contributed by atoms with E-state index in [0.29, 0.717) is 0 Å². The van der Waals surface area contributed by atoms with Crippen LogP contribution in [0.15, 0.2) is 0 Å². The zero-order valence-electron chi connectivity index (χ0n) is 9.20. The van der Waals surface area contributed by atoms with Crippen molar-refractivity contribution >= 4 is 5.91 Å². The van der Waals surface area contributed by atoms with Crippen LogP contribution in [0.2, 0.25) is 0 Å². The van der Waals surface area contributed by atoms with E-state index in [1.54, 1.807) is 6.92 Å². The predicted octanol–water partition coefficient (Wildman–Crippen LogP) is 0.949. The van der Waals surface area contributed by atoms with E-state index in [1.807, 2.05) is 4.90 Å². The summed E-state index contributed by atoms with van der Waals surface area (Å²) in [5.74, 6) is 1.17. The van der Waals surface area contributed by atoms with Crippen molar-refractivity contribution in [2.45, 2.75) is 32.7 Å². The highest BCUT2D eigenvalue weighted by Gasteiger charge is 2.33. The minimum atomic E-state index is 0.226. The first-order valence-corrected chi connectivity index (χ1v) is 5.68. The third-order valence-corrected chi connectivity index (χ3v) is 3.64. The second kappa shape index (κ2) is 3.89. The van der Waals surface area contributed by atoms with Gasteiger partial charge in [0.1, 0.15) is 0 Å². The summed E-state index contributed by atoms with van der Waals surface area (Å²) in [7, 11) is 0. The van der Waals surface area contributed by atoms with Crippen molar-refractivity contribution in [2.24, 2.45) is 5.92 Å². The molecule has 0 bridgehead atoms. The molecular formula is C11H20N2O. The Morgan fingerprint density at radius 1 is 1.21 bits per heavy atom. The van der Waals surface area contributed by atoms with Gasteiger partial charge in [-0.15, -0.1) is 0 Å². The Morgan fingerprint density at radius 3 is 2.21 bits per heavy atom. The summed E-state index contributed by atoms with van der Waals surface area (Å²) in [4.78, 5) is 15.6. The van der Waals surface area contributed by atoms with Gasteiger partial charge in [0, 0.05) is 39.1 Å². The predicted molar refractivity (Wildman–Crippen MR) is 56.0 cm³/mol. The highest BCUT2D eigenvalue weighted by molar-refractivity contribution is 5.73. The maximum atomic E-state index is 11.1. The molecule has 0 aromatic heterocycles. The van der Waals surface area contributed by atoms with Gasteiger partial charge in [-0.3, -0.25) is 9.69 Å². The molecule has 1 unspecified atom stereocenters. The zero-order chi connectivity index (χ0) is 10.1. The fourth-order valence-electron chi connectivity index (χ4n) is 2.32. The van der Waals surface area contributed by atoms with Crippen LogP contribution in [0.25, 0.3) is 0 Å². The summed E-state index contributed by atoms with van der Waals surface area (Å²) in [5.41, 5.74) is 0. The Bertz CT molecular complexity index is 217. The monoisotopic (exact) mass is 196 g/mol. The van der Waals surface area contributed by atoms with E-state index in [-0.39, 0.29) is 5.91 Å². The number of hydrogen-bond acceptors (Lipinski definition) is 2. The molecule has 1 aliphatic heterocycles. The summed E-state index contributed by atoms with van der Waals surface area (Å²) in [5, 5.41) is 0. The summed E-state index contributed by atoms with van der Waals surface area (Å²) in [6, 6.07) is 0.740. The van der Waals surface area contributed by atoms with Gasteiger partial charge in [0.2, 0.25) is 5.91 Å². The molecule has 0 radical (unpaired) electrons. The molecule has 3 nitrogen and oxygen atoms in total. The molecular weight excluding hydrogens is 176 g/mol. The molecule has 2 rings (SSSR count). The van der Waals surface area contributed by atoms with Gasteiger partial charge in [-0.25, -0.2) is 0 Å². The molecule has 2 fully saturated rings. The van der Waals surface area contributed by atoms with Crippen LogP contribution in [0.3, 0.4) is 0 Å². The lowest BCUT2D eigenvalue weighted by atomic mass is 10.1. The van der Waals surface area contributed by atoms with Crippen LogP contribution in [-0.2, 0) is 4.79 Å². The highest BCUT2D eigenvalue weighted by atomic mass is 16.2. The van der Waals surface area contributed by atoms with Gasteiger partial charge < -0.3 is 4.90 Å². The van der Waals surface area contributed by atoms with Crippen LogP contribution >= 0.6 is 0 Å². The Morgan fingerprint density at radius 2 is 1.79 bits per heavy atom. The van der Waals surface area contributed by atoms with Gasteiger partial charge in [0.15, 0.2) is 0 Å². The quantitative estimate of drug-likeness (QED) is 0.656. The number of hydrogen-bond donors (Lipinski definition) is 0. The third-order valence-electron chi connectivity index (χ3n) is 3.64. The Hall–Kier alpha value is -0.570. The van der Waals surface area contributed by atoms with Crippen molar-refractivity contribution in [1.82, 2.24) is 9.80 Å². The topological polar surface area (TPSA) is 23.6 Å². The molecule has 1 amide bonds. The Kier molecular flexibility index (Phi) is 2.77. The standard InChI is InChI=1S/C11H20N2O/c1-9(11-3-4-11)12-5-7-13(8-6-12)10(2)14/h9,11H,3-8H2,1-2H3. The normalized spacial score (nSPS) is 26.3. The second-order valence-corrected chi connectivity index (χ2v) is 4.62. The largest absolute Gasteiger partial charge is 0.340 e. The van der Waals surface area contributed by atoms with Crippen LogP contribution in [0.5, 0.6) is 0 Å². The zero-order valence-corrected chi connectivity index (χ0v) is 9.20. The summed E-state index contributed by atoms with van der Waals surface area (Å²) in [6.07, 6.45) is 2.82. The van der Waals surface area contributed by atoms with E-state index in [1.165, 1.54) is 12.8 Å². The first-order chi connectivity index (χ1) is 6.68. The Balaban J connectivity index is 1.80. The molecule has 0 N–H and O–H groups in total. The molecule has 3 heteroatoms. The number of piperazine rings is 1. The van der Waals surface area contributed by atoms with E-state index in [0.717, 1.165) is 38.1 Å². The first-order valence-electron chi connectivity index (χ1n) is 5.68. The van der Waals surface area contributed by atoms with Crippen LogP contribution in [0.1, 0.15) is 26.7 Å². The molecule has 2 aliphatic rings. The molecule has 1 aliphatic carbocycles. The van der Waals surface area contributed by atoms with E-state index < -0.39 is 0 Å². The van der Waals surface area contributed by atoms with Crippen LogP contribution in [0, 0.1) is 5.92 Å². The van der Waals surface area contributed by atoms with Gasteiger partial charge in [-0.05, 0) is 25.7 Å². The van der Waals surface area contributed by atoms with E-state index >= 15 is 0 Å². The average Bonchev–Trinajstić information content (AvgIpc) is 3.00. The number of nitrogens with zero attached hydrogens (tertiary/aromatic N) is 2. The maximum absolute atomic E-state index is 11.1. The van der Waals surface area contributed by atoms with Gasteiger partial charge in [-0.2, -0.15) is 0 Å². The van der Waals surface area contributed by atoms with Crippen LogP contribution < -0.4 is 0 Å². The lowest BCUT2D eigenvalue weighted by Gasteiger charge is -2.37. The number of rotatable bonds is 2. The third kappa shape index (κ3) is 2.08. The number of carbonyl (C=O) groups excluding carboxylic acids is 1. The smallest absolute Gasteiger partial charge is 0.219 e. The Labute approximate surface area is 86.1 Å². The molecule has 1 saturated carbocycles. The van der Waals surface area contributed by atoms with Crippen molar-refractivity contribution < 1.29 is 4.79 Å². The number of amides is 1. The second-order valence-electron chi connectivity index (χ2n) is 4.62. The highest BCUT2D eigenvalue weighted by Crippen LogP contribution is 2.35. The van der Waals surface area contributed by atoms with E-state index in [4.69, 9.17) is 0 Å². The van der Waals surface area contributed by atoms with Gasteiger partial charge in [-0.1, -0.05) is 0 Å². The summed E-state index contributed by atoms with van der Waals surface area (Å²) < 4.78 is 0. The molecule has 80 valence electrons. The molecule has 0 spiro atoms. The van der Waals surface area contributed by atoms with Gasteiger partial charge >= 0.3 is 0 Å². The van der Waals surface area contributed by atoms with Crippen LogP contribution in [0.4, 0.5) is 0 Å². The van der Waals surface area contributed by atoms with E-state index in [9.17, 15) is 4.79 Å². The van der Waals surface area contributed by atoms with E-state index in [2.05, 4.69) is 11.8 Å². The molecule has 1 atom stereocenters. The maximum Gasteiger partial charge on any atom is 0.219 e. The van der Waals surface area contributed by atoms with Crippen molar-refractivity contribution in [3.8, 4) is 0 Å². The van der Waals surface area contributed by atoms with Gasteiger partial charge in [0.25, 0.3) is 0 Å². The molecule has 1 heterocycles. The molecule has 0 aromatic carbocycles. The fourth-order valence-corrected chi connectivity index (χ4v) is 2.32. The first kappa shape index (κ1) is 9.97. The van der Waals surface area contributed by atoms with Crippen molar-refractivity contribution in [2.75, 3.05) is 26.2 Å². The average molecular weight is 196 g/mol. The lowest BCUT2D eigenvalue weighted by molar-refractivity contribution is -0.130. The lowest BCUT2D eigenvalue weighted by Crippen LogP contribution is -2.51. The molecule has 14 heavy (non-hydrogen) atoms. The SMILES string of the molecule is CC(=O)N1CCN(C(C)C2CC2)CC1. The molecule has 1 saturated heterocycles. The van der Waals surface area contributed by atoms with Crippen molar-refractivity contribution in [3.63, 3.8) is 0 Å². The minimum Gasteiger partial charge on any atom is -0.340 e. The minimum absolute atomic E-state index is 0.226. The van der Waals surface area contributed by atoms with Gasteiger partial charge in [0.05, 0.1) is 0 Å². The summed E-state index contributed by atoms with van der Waals surface area (Å²) in [6.45, 7) is 7.98. The summed E-state index contributed by atoms with van der Waals surface area (Å²) >= 11 is 0. The molecule has 0 aromatic rings. The number of carbonyl (C=O) groups is 1.